The number of carbonyl (C=O) groups excluding carboxylic acids is 1. The van der Waals surface area contributed by atoms with E-state index in [1.807, 2.05) is 4.90 Å². The maximum Gasteiger partial charge on any atom is 0.416 e. The van der Waals surface area contributed by atoms with Gasteiger partial charge in [-0.3, -0.25) is 4.79 Å². The smallest absolute Gasteiger partial charge is 0.416 e. The molecule has 1 saturated heterocycles. The van der Waals surface area contributed by atoms with Gasteiger partial charge in [0.15, 0.2) is 6.29 Å². The summed E-state index contributed by atoms with van der Waals surface area (Å²) in [7, 11) is 0. The van der Waals surface area contributed by atoms with Gasteiger partial charge in [0.25, 0.3) is 0 Å². The monoisotopic (exact) mass is 337 g/mol. The molecule has 0 N–H and O–H groups in total. The van der Waals surface area contributed by atoms with Crippen LogP contribution in [0.2, 0.25) is 0 Å². The highest BCUT2D eigenvalue weighted by Gasteiger charge is 2.30. The predicted octanol–water partition coefficient (Wildman–Crippen LogP) is 2.97. The van der Waals surface area contributed by atoms with Gasteiger partial charge in [0.05, 0.1) is 17.7 Å². The van der Waals surface area contributed by atoms with Crippen molar-refractivity contribution in [3.05, 3.63) is 47.8 Å². The maximum atomic E-state index is 12.5. The fourth-order valence-electron chi connectivity index (χ4n) is 2.48. The minimum Gasteiger partial charge on any atom is -0.489 e. The molecule has 1 aliphatic heterocycles. The summed E-state index contributed by atoms with van der Waals surface area (Å²) in [5.41, 5.74) is -0.304. The summed E-state index contributed by atoms with van der Waals surface area (Å²) in [4.78, 5) is 20.7. The summed E-state index contributed by atoms with van der Waals surface area (Å²) in [6, 6.07) is 4.65. The molecule has 8 heteroatoms. The van der Waals surface area contributed by atoms with Gasteiger partial charge in [-0.15, -0.1) is 0 Å². The molecule has 5 nitrogen and oxygen atoms in total. The highest BCUT2D eigenvalue weighted by Crippen LogP contribution is 2.31. The molecular formula is C16H14F3N3O2. The third kappa shape index (κ3) is 3.64. The number of benzene rings is 1. The summed E-state index contributed by atoms with van der Waals surface area (Å²) in [6.07, 6.45) is -0.243. The van der Waals surface area contributed by atoms with Crippen molar-refractivity contribution in [2.75, 3.05) is 18.0 Å². The molecule has 126 valence electrons. The first-order valence-electron chi connectivity index (χ1n) is 7.32. The fraction of sp³-hybridized carbons (Fsp3) is 0.312. The highest BCUT2D eigenvalue weighted by atomic mass is 19.4. The Labute approximate surface area is 136 Å². The van der Waals surface area contributed by atoms with E-state index in [9.17, 15) is 18.0 Å². The molecule has 2 aromatic rings. The number of ether oxygens (including phenoxy) is 1. The molecule has 1 atom stereocenters. The van der Waals surface area contributed by atoms with Gasteiger partial charge in [0.2, 0.25) is 5.95 Å². The molecule has 3 rings (SSSR count). The van der Waals surface area contributed by atoms with Crippen LogP contribution in [0.4, 0.5) is 19.1 Å². The van der Waals surface area contributed by atoms with Crippen LogP contribution in [0, 0.1) is 0 Å². The third-order valence-corrected chi connectivity index (χ3v) is 3.71. The van der Waals surface area contributed by atoms with Gasteiger partial charge in [0, 0.05) is 25.4 Å². The molecule has 1 unspecified atom stereocenters. The first kappa shape index (κ1) is 16.2. The molecule has 1 aromatic carbocycles. The minimum absolute atomic E-state index is 0.156. The van der Waals surface area contributed by atoms with Crippen LogP contribution in [-0.4, -0.2) is 35.4 Å². The number of anilines is 1. The van der Waals surface area contributed by atoms with E-state index in [0.29, 0.717) is 43.1 Å². The molecule has 2 heterocycles. The Bertz CT molecular complexity index is 702. The molecule has 1 aromatic heterocycles. The van der Waals surface area contributed by atoms with Crippen molar-refractivity contribution >= 4 is 12.2 Å². The van der Waals surface area contributed by atoms with E-state index >= 15 is 0 Å². The maximum absolute atomic E-state index is 12.5. The van der Waals surface area contributed by atoms with Crippen LogP contribution in [0.5, 0.6) is 5.75 Å². The van der Waals surface area contributed by atoms with Crippen molar-refractivity contribution in [3.63, 3.8) is 0 Å². The molecule has 0 aliphatic carbocycles. The summed E-state index contributed by atoms with van der Waals surface area (Å²) >= 11 is 0. The second kappa shape index (κ2) is 6.46. The van der Waals surface area contributed by atoms with E-state index < -0.39 is 11.7 Å². The standard InChI is InChI=1S/C16H14F3N3O2/c17-16(18,19)12-1-3-13(4-2-12)24-14-5-6-22(9-14)15-20-7-11(10-23)8-21-15/h1-4,7-8,10,14H,5-6,9H2. The SMILES string of the molecule is O=Cc1cnc(N2CCC(Oc3ccc(C(F)(F)F)cc3)C2)nc1. The van der Waals surface area contributed by atoms with Gasteiger partial charge in [0.1, 0.15) is 11.9 Å². The number of nitrogens with zero attached hydrogens (tertiary/aromatic N) is 3. The lowest BCUT2D eigenvalue weighted by Crippen LogP contribution is -2.26. The van der Waals surface area contributed by atoms with E-state index in [1.165, 1.54) is 24.5 Å². The largest absolute Gasteiger partial charge is 0.489 e. The number of alkyl halides is 3. The Hall–Kier alpha value is -2.64. The summed E-state index contributed by atoms with van der Waals surface area (Å²) in [6.45, 7) is 1.20. The van der Waals surface area contributed by atoms with Gasteiger partial charge in [-0.25, -0.2) is 9.97 Å². The van der Waals surface area contributed by atoms with Gasteiger partial charge < -0.3 is 9.64 Å². The van der Waals surface area contributed by atoms with Gasteiger partial charge in [-0.2, -0.15) is 13.2 Å². The average Bonchev–Trinajstić information content (AvgIpc) is 3.03. The summed E-state index contributed by atoms with van der Waals surface area (Å²) in [5, 5.41) is 0. The number of carbonyl (C=O) groups is 1. The lowest BCUT2D eigenvalue weighted by atomic mass is 10.2. The number of aldehydes is 1. The normalized spacial score (nSPS) is 17.8. The Morgan fingerprint density at radius 2 is 1.83 bits per heavy atom. The van der Waals surface area contributed by atoms with Crippen molar-refractivity contribution in [1.29, 1.82) is 0 Å². The van der Waals surface area contributed by atoms with Gasteiger partial charge >= 0.3 is 6.18 Å². The van der Waals surface area contributed by atoms with Crippen LogP contribution in [0.15, 0.2) is 36.7 Å². The van der Waals surface area contributed by atoms with Crippen molar-refractivity contribution in [2.24, 2.45) is 0 Å². The zero-order valence-electron chi connectivity index (χ0n) is 12.5. The van der Waals surface area contributed by atoms with E-state index in [4.69, 9.17) is 4.74 Å². The van der Waals surface area contributed by atoms with E-state index in [-0.39, 0.29) is 6.10 Å². The Morgan fingerprint density at radius 1 is 1.17 bits per heavy atom. The Morgan fingerprint density at radius 3 is 2.42 bits per heavy atom. The number of hydrogen-bond donors (Lipinski definition) is 0. The summed E-state index contributed by atoms with van der Waals surface area (Å²) in [5.74, 6) is 0.895. The van der Waals surface area contributed by atoms with Crippen LogP contribution in [0.1, 0.15) is 22.3 Å². The molecule has 0 saturated carbocycles. The van der Waals surface area contributed by atoms with Crippen LogP contribution in [0.25, 0.3) is 0 Å². The topological polar surface area (TPSA) is 55.3 Å². The molecular weight excluding hydrogens is 323 g/mol. The lowest BCUT2D eigenvalue weighted by Gasteiger charge is -2.17. The van der Waals surface area contributed by atoms with Gasteiger partial charge in [-0.05, 0) is 24.3 Å². The van der Waals surface area contributed by atoms with E-state index in [1.54, 1.807) is 0 Å². The van der Waals surface area contributed by atoms with Crippen LogP contribution in [0.3, 0.4) is 0 Å². The quantitative estimate of drug-likeness (QED) is 0.803. The molecule has 0 amide bonds. The first-order valence-corrected chi connectivity index (χ1v) is 7.32. The highest BCUT2D eigenvalue weighted by molar-refractivity contribution is 5.73. The summed E-state index contributed by atoms with van der Waals surface area (Å²) < 4.78 is 43.3. The molecule has 0 spiro atoms. The molecule has 0 radical (unpaired) electrons. The fourth-order valence-corrected chi connectivity index (χ4v) is 2.48. The van der Waals surface area contributed by atoms with Crippen molar-refractivity contribution in [1.82, 2.24) is 9.97 Å². The third-order valence-electron chi connectivity index (χ3n) is 3.71. The average molecular weight is 337 g/mol. The predicted molar refractivity (Wildman–Crippen MR) is 80.1 cm³/mol. The number of halogens is 3. The van der Waals surface area contributed by atoms with Gasteiger partial charge in [-0.1, -0.05) is 0 Å². The number of aromatic nitrogens is 2. The van der Waals surface area contributed by atoms with Crippen molar-refractivity contribution in [2.45, 2.75) is 18.7 Å². The number of hydrogen-bond acceptors (Lipinski definition) is 5. The molecule has 0 bridgehead atoms. The van der Waals surface area contributed by atoms with Crippen LogP contribution in [-0.2, 0) is 6.18 Å². The Kier molecular flexibility index (Phi) is 4.37. The Balaban J connectivity index is 1.60. The zero-order valence-corrected chi connectivity index (χ0v) is 12.5. The van der Waals surface area contributed by atoms with E-state index in [0.717, 1.165) is 12.1 Å². The second-order valence-corrected chi connectivity index (χ2v) is 5.43. The zero-order chi connectivity index (χ0) is 17.2. The van der Waals surface area contributed by atoms with Crippen LogP contribution < -0.4 is 9.64 Å². The van der Waals surface area contributed by atoms with Crippen molar-refractivity contribution < 1.29 is 22.7 Å². The van der Waals surface area contributed by atoms with Crippen molar-refractivity contribution in [3.8, 4) is 5.75 Å². The van der Waals surface area contributed by atoms with Crippen LogP contribution >= 0.6 is 0 Å². The first-order chi connectivity index (χ1) is 11.5. The minimum atomic E-state index is -4.35. The molecule has 1 aliphatic rings. The lowest BCUT2D eigenvalue weighted by molar-refractivity contribution is -0.137. The van der Waals surface area contributed by atoms with E-state index in [2.05, 4.69) is 9.97 Å². The number of rotatable bonds is 4. The molecule has 24 heavy (non-hydrogen) atoms. The second-order valence-electron chi connectivity index (χ2n) is 5.43. The molecule has 1 fully saturated rings.